The molecule has 1 atom stereocenters. The van der Waals surface area contributed by atoms with Crippen LogP contribution in [0, 0.1) is 0 Å². The van der Waals surface area contributed by atoms with E-state index in [0.717, 1.165) is 42.6 Å². The summed E-state index contributed by atoms with van der Waals surface area (Å²) in [4.78, 5) is 21.0. The van der Waals surface area contributed by atoms with Crippen molar-refractivity contribution in [1.29, 1.82) is 0 Å². The van der Waals surface area contributed by atoms with Gasteiger partial charge in [0, 0.05) is 44.0 Å². The third kappa shape index (κ3) is 4.49. The number of nitrogens with zero attached hydrogens (tertiary/aromatic N) is 5. The molecule has 30 heavy (non-hydrogen) atoms. The fraction of sp³-hybridized carbons (Fsp3) is 0.364. The zero-order valence-electron chi connectivity index (χ0n) is 17.2. The van der Waals surface area contributed by atoms with Crippen LogP contribution in [0.3, 0.4) is 0 Å². The lowest BCUT2D eigenvalue weighted by atomic mass is 10.0. The number of benzene rings is 1. The number of aromatic nitrogens is 2. The van der Waals surface area contributed by atoms with Gasteiger partial charge in [0.15, 0.2) is 0 Å². The van der Waals surface area contributed by atoms with Gasteiger partial charge in [0.25, 0.3) is 0 Å². The minimum atomic E-state index is -0.402. The summed E-state index contributed by atoms with van der Waals surface area (Å²) in [6.07, 6.45) is 9.90. The molecule has 0 saturated carbocycles. The van der Waals surface area contributed by atoms with E-state index in [1.807, 2.05) is 24.4 Å². The van der Waals surface area contributed by atoms with Gasteiger partial charge < -0.3 is 9.64 Å². The summed E-state index contributed by atoms with van der Waals surface area (Å²) >= 11 is 1.30. The van der Waals surface area contributed by atoms with Gasteiger partial charge in [-0.2, -0.15) is 0 Å². The number of carbonyl (C=O) groups is 1. The molecular formula is C22H25N5O2S. The molecule has 2 aromatic rings. The fourth-order valence-corrected chi connectivity index (χ4v) is 4.40. The molecule has 0 bridgehead atoms. The third-order valence-corrected chi connectivity index (χ3v) is 6.29. The molecule has 1 unspecified atom stereocenters. The van der Waals surface area contributed by atoms with Crippen molar-refractivity contribution < 1.29 is 9.53 Å². The fourth-order valence-electron chi connectivity index (χ4n) is 3.61. The highest BCUT2D eigenvalue weighted by molar-refractivity contribution is 7.17. The molecule has 2 aliphatic rings. The second kappa shape index (κ2) is 9.32. The SMILES string of the molecule is CCOC(=O)c1nnc(N2CCN(C(C)c3ccc4c(c3)/C=C/C=C/C=N\4)CC2)s1. The van der Waals surface area contributed by atoms with E-state index in [2.05, 4.69) is 56.2 Å². The average Bonchev–Trinajstić information content (AvgIpc) is 3.24. The van der Waals surface area contributed by atoms with Crippen molar-refractivity contribution in [3.63, 3.8) is 0 Å². The van der Waals surface area contributed by atoms with Crippen LogP contribution >= 0.6 is 11.3 Å². The Labute approximate surface area is 180 Å². The first-order chi connectivity index (χ1) is 14.7. The molecule has 1 aromatic heterocycles. The molecule has 156 valence electrons. The number of hydrogen-bond acceptors (Lipinski definition) is 8. The van der Waals surface area contributed by atoms with Crippen LogP contribution in [0.5, 0.6) is 0 Å². The van der Waals surface area contributed by atoms with Crippen molar-refractivity contribution in [2.75, 3.05) is 37.7 Å². The number of piperazine rings is 1. The summed E-state index contributed by atoms with van der Waals surface area (Å²) in [6, 6.07) is 6.80. The van der Waals surface area contributed by atoms with Gasteiger partial charge in [0.2, 0.25) is 10.1 Å². The maximum atomic E-state index is 11.8. The molecule has 2 aliphatic heterocycles. The van der Waals surface area contributed by atoms with Crippen LogP contribution in [0.2, 0.25) is 0 Å². The van der Waals surface area contributed by atoms with Crippen LogP contribution in [0.15, 0.2) is 41.4 Å². The molecule has 3 heterocycles. The van der Waals surface area contributed by atoms with Crippen molar-refractivity contribution in [1.82, 2.24) is 15.1 Å². The molecule has 0 radical (unpaired) electrons. The molecule has 7 nitrogen and oxygen atoms in total. The number of fused-ring (bicyclic) bond motifs is 1. The number of ether oxygens (including phenoxy) is 1. The first kappa shape index (κ1) is 20.4. The molecule has 0 N–H and O–H groups in total. The predicted molar refractivity (Wildman–Crippen MR) is 121 cm³/mol. The summed E-state index contributed by atoms with van der Waals surface area (Å²) < 4.78 is 5.01. The second-order valence-corrected chi connectivity index (χ2v) is 8.11. The molecule has 4 rings (SSSR count). The Bertz CT molecular complexity index is 989. The Kier molecular flexibility index (Phi) is 6.35. The Balaban J connectivity index is 1.40. The highest BCUT2D eigenvalue weighted by atomic mass is 32.1. The number of carbonyl (C=O) groups excluding carboxylic acids is 1. The van der Waals surface area contributed by atoms with E-state index in [0.29, 0.717) is 17.7 Å². The van der Waals surface area contributed by atoms with E-state index in [1.165, 1.54) is 16.9 Å². The molecule has 0 amide bonds. The van der Waals surface area contributed by atoms with Crippen LogP contribution in [-0.4, -0.2) is 60.1 Å². The number of aliphatic imine (C=N–C) groups is 1. The first-order valence-corrected chi connectivity index (χ1v) is 11.0. The van der Waals surface area contributed by atoms with Crippen LogP contribution in [-0.2, 0) is 4.74 Å². The third-order valence-electron chi connectivity index (χ3n) is 5.33. The Morgan fingerprint density at radius 3 is 2.80 bits per heavy atom. The van der Waals surface area contributed by atoms with Crippen LogP contribution in [0.25, 0.3) is 6.08 Å². The van der Waals surface area contributed by atoms with Crippen LogP contribution in [0.4, 0.5) is 10.8 Å². The lowest BCUT2D eigenvalue weighted by Crippen LogP contribution is -2.47. The van der Waals surface area contributed by atoms with E-state index in [4.69, 9.17) is 4.74 Å². The van der Waals surface area contributed by atoms with Gasteiger partial charge in [0.05, 0.1) is 12.3 Å². The van der Waals surface area contributed by atoms with Crippen LogP contribution < -0.4 is 4.90 Å². The molecule has 1 aromatic carbocycles. The normalized spacial score (nSPS) is 20.5. The number of allylic oxidation sites excluding steroid dienone is 3. The molecule has 8 heteroatoms. The number of anilines is 1. The molecule has 1 fully saturated rings. The van der Waals surface area contributed by atoms with Gasteiger partial charge in [-0.25, -0.2) is 4.79 Å². The van der Waals surface area contributed by atoms with Crippen molar-refractivity contribution in [3.8, 4) is 0 Å². The maximum Gasteiger partial charge on any atom is 0.369 e. The summed E-state index contributed by atoms with van der Waals surface area (Å²) in [6.45, 7) is 7.91. The maximum absolute atomic E-state index is 11.8. The zero-order chi connectivity index (χ0) is 20.9. The number of hydrogen-bond donors (Lipinski definition) is 0. The van der Waals surface area contributed by atoms with E-state index >= 15 is 0 Å². The van der Waals surface area contributed by atoms with E-state index in [1.54, 1.807) is 6.92 Å². The second-order valence-electron chi connectivity index (χ2n) is 7.15. The predicted octanol–water partition coefficient (Wildman–Crippen LogP) is 3.88. The Hall–Kier alpha value is -2.84. The summed E-state index contributed by atoms with van der Waals surface area (Å²) in [5, 5.41) is 9.26. The average molecular weight is 424 g/mol. The molecule has 0 aliphatic carbocycles. The van der Waals surface area contributed by atoms with Crippen molar-refractivity contribution in [2.24, 2.45) is 4.99 Å². The highest BCUT2D eigenvalue weighted by Gasteiger charge is 2.25. The number of rotatable bonds is 5. The van der Waals surface area contributed by atoms with Gasteiger partial charge in [0.1, 0.15) is 0 Å². The van der Waals surface area contributed by atoms with Crippen LogP contribution in [0.1, 0.15) is 40.8 Å². The Morgan fingerprint density at radius 2 is 2.00 bits per heavy atom. The summed E-state index contributed by atoms with van der Waals surface area (Å²) in [7, 11) is 0. The van der Waals surface area contributed by atoms with E-state index in [9.17, 15) is 4.79 Å². The zero-order valence-corrected chi connectivity index (χ0v) is 18.0. The minimum Gasteiger partial charge on any atom is -0.461 e. The molecule has 1 saturated heterocycles. The minimum absolute atomic E-state index is 0.306. The lowest BCUT2D eigenvalue weighted by Gasteiger charge is -2.38. The first-order valence-electron chi connectivity index (χ1n) is 10.2. The summed E-state index contributed by atoms with van der Waals surface area (Å²) in [5.74, 6) is -0.402. The standard InChI is InChI=1S/C22H25N5O2S/c1-3-29-21(28)20-24-25-22(30-20)27-13-11-26(12-14-27)16(2)17-8-9-19-18(15-17)7-5-4-6-10-23-19/h4-10,15-16H,3,11-14H2,1-2H3/b5-4?,6-4+,7-5+,10-6?,18-7?,23-10-,23-19?. The van der Waals surface area contributed by atoms with Gasteiger partial charge in [-0.15, -0.1) is 10.2 Å². The smallest absolute Gasteiger partial charge is 0.369 e. The molecule has 0 spiro atoms. The van der Waals surface area contributed by atoms with Crippen molar-refractivity contribution in [2.45, 2.75) is 19.9 Å². The summed E-state index contributed by atoms with van der Waals surface area (Å²) in [5.41, 5.74) is 3.41. The van der Waals surface area contributed by atoms with E-state index < -0.39 is 5.97 Å². The van der Waals surface area contributed by atoms with Gasteiger partial charge in [-0.05, 0) is 37.6 Å². The van der Waals surface area contributed by atoms with Gasteiger partial charge in [-0.1, -0.05) is 35.6 Å². The highest BCUT2D eigenvalue weighted by Crippen LogP contribution is 2.30. The van der Waals surface area contributed by atoms with Gasteiger partial charge >= 0.3 is 5.97 Å². The quantitative estimate of drug-likeness (QED) is 0.680. The monoisotopic (exact) mass is 423 g/mol. The largest absolute Gasteiger partial charge is 0.461 e. The number of esters is 1. The van der Waals surface area contributed by atoms with Gasteiger partial charge in [-0.3, -0.25) is 9.89 Å². The molecular weight excluding hydrogens is 398 g/mol. The Morgan fingerprint density at radius 1 is 1.17 bits per heavy atom. The topological polar surface area (TPSA) is 70.9 Å². The van der Waals surface area contributed by atoms with E-state index in [-0.39, 0.29) is 0 Å². The van der Waals surface area contributed by atoms with Crippen molar-refractivity contribution >= 4 is 40.4 Å². The lowest BCUT2D eigenvalue weighted by molar-refractivity contribution is 0.0525. The van der Waals surface area contributed by atoms with Crippen molar-refractivity contribution in [3.05, 3.63) is 52.6 Å².